The fourth-order valence-electron chi connectivity index (χ4n) is 2.52. The van der Waals surface area contributed by atoms with Gasteiger partial charge in [0.05, 0.1) is 0 Å². The van der Waals surface area contributed by atoms with E-state index in [2.05, 4.69) is 12.2 Å². The Morgan fingerprint density at radius 3 is 2.55 bits per heavy atom. The predicted octanol–water partition coefficient (Wildman–Crippen LogP) is 3.04. The molecular formula is C17H18N4O. The second kappa shape index (κ2) is 7.28. The van der Waals surface area contributed by atoms with Gasteiger partial charge in [0.25, 0.3) is 5.91 Å². The highest BCUT2D eigenvalue weighted by atomic mass is 16.2. The summed E-state index contributed by atoms with van der Waals surface area (Å²) in [5, 5.41) is 20.2. The molecule has 5 nitrogen and oxygen atoms in total. The van der Waals surface area contributed by atoms with Crippen LogP contribution in [0.1, 0.15) is 36.5 Å². The second-order valence-corrected chi connectivity index (χ2v) is 5.35. The lowest BCUT2D eigenvalue weighted by Gasteiger charge is -2.33. The molecule has 1 unspecified atom stereocenters. The molecule has 1 fully saturated rings. The number of nitrogens with zero attached hydrogens (tertiary/aromatic N) is 3. The number of piperidine rings is 1. The molecule has 0 bridgehead atoms. The molecule has 0 aromatic heterocycles. The van der Waals surface area contributed by atoms with E-state index in [0.717, 1.165) is 25.1 Å². The third-order valence-corrected chi connectivity index (χ3v) is 3.82. The minimum atomic E-state index is 0.00212. The number of hydrogen-bond donors (Lipinski definition) is 1. The zero-order chi connectivity index (χ0) is 15.9. The van der Waals surface area contributed by atoms with Crippen molar-refractivity contribution in [3.8, 4) is 12.1 Å². The van der Waals surface area contributed by atoms with Gasteiger partial charge in [-0.25, -0.2) is 0 Å². The number of likely N-dealkylation sites (tertiary alicyclic amines) is 1. The number of anilines is 1. The van der Waals surface area contributed by atoms with Crippen LogP contribution in [0.25, 0.3) is 0 Å². The number of rotatable bonds is 3. The molecule has 1 aromatic rings. The largest absolute Gasteiger partial charge is 0.360 e. The van der Waals surface area contributed by atoms with Gasteiger partial charge in [0, 0.05) is 30.0 Å². The highest BCUT2D eigenvalue weighted by Crippen LogP contribution is 2.20. The Labute approximate surface area is 130 Å². The van der Waals surface area contributed by atoms with Gasteiger partial charge < -0.3 is 10.2 Å². The van der Waals surface area contributed by atoms with Crippen molar-refractivity contribution in [2.45, 2.75) is 32.2 Å². The fraction of sp³-hybridized carbons (Fsp3) is 0.353. The van der Waals surface area contributed by atoms with Gasteiger partial charge in [0.1, 0.15) is 17.7 Å². The van der Waals surface area contributed by atoms with Crippen LogP contribution in [0.5, 0.6) is 0 Å². The molecule has 0 saturated carbocycles. The third-order valence-electron chi connectivity index (χ3n) is 3.82. The van der Waals surface area contributed by atoms with Gasteiger partial charge in [-0.15, -0.1) is 0 Å². The Bertz CT molecular complexity index is 633. The molecule has 1 atom stereocenters. The van der Waals surface area contributed by atoms with Crippen LogP contribution in [-0.4, -0.2) is 23.4 Å². The summed E-state index contributed by atoms with van der Waals surface area (Å²) < 4.78 is 0. The maximum atomic E-state index is 12.5. The molecule has 1 heterocycles. The first-order valence-electron chi connectivity index (χ1n) is 7.33. The van der Waals surface area contributed by atoms with E-state index < -0.39 is 0 Å². The van der Waals surface area contributed by atoms with E-state index in [4.69, 9.17) is 10.5 Å². The second-order valence-electron chi connectivity index (χ2n) is 5.35. The summed E-state index contributed by atoms with van der Waals surface area (Å²) in [6, 6.07) is 10.9. The molecule has 1 aliphatic heterocycles. The molecule has 1 amide bonds. The minimum absolute atomic E-state index is 0.00212. The van der Waals surface area contributed by atoms with Crippen molar-refractivity contribution in [3.63, 3.8) is 0 Å². The summed E-state index contributed by atoms with van der Waals surface area (Å²) in [5.74, 6) is 0.0593. The van der Waals surface area contributed by atoms with Crippen LogP contribution >= 0.6 is 0 Å². The normalized spacial score (nSPS) is 17.0. The van der Waals surface area contributed by atoms with Crippen molar-refractivity contribution >= 4 is 11.6 Å². The summed E-state index contributed by atoms with van der Waals surface area (Å²) in [5.41, 5.74) is 1.39. The number of carbonyl (C=O) groups excluding carboxylic acids is 1. The minimum Gasteiger partial charge on any atom is -0.360 e. The zero-order valence-corrected chi connectivity index (χ0v) is 12.5. The van der Waals surface area contributed by atoms with Crippen molar-refractivity contribution in [1.29, 1.82) is 10.5 Å². The monoisotopic (exact) mass is 294 g/mol. The molecule has 5 heteroatoms. The lowest BCUT2D eigenvalue weighted by Crippen LogP contribution is -2.41. The number of allylic oxidation sites excluding steroid dienone is 1. The number of amides is 1. The highest BCUT2D eigenvalue weighted by Gasteiger charge is 2.23. The van der Waals surface area contributed by atoms with Crippen molar-refractivity contribution < 1.29 is 4.79 Å². The third kappa shape index (κ3) is 3.65. The first-order chi connectivity index (χ1) is 10.7. The van der Waals surface area contributed by atoms with E-state index in [1.807, 2.05) is 4.90 Å². The van der Waals surface area contributed by atoms with E-state index >= 15 is 0 Å². The van der Waals surface area contributed by atoms with E-state index in [9.17, 15) is 4.79 Å². The molecule has 1 aliphatic rings. The molecule has 1 aromatic carbocycles. The molecule has 0 spiro atoms. The molecule has 0 radical (unpaired) electrons. The number of nitrogens with one attached hydrogen (secondary N) is 1. The highest BCUT2D eigenvalue weighted by molar-refractivity contribution is 5.94. The summed E-state index contributed by atoms with van der Waals surface area (Å²) in [7, 11) is 0. The van der Waals surface area contributed by atoms with Crippen molar-refractivity contribution in [1.82, 2.24) is 4.90 Å². The SMILES string of the molecule is CC1CCCCN1C(=O)c1ccc(NC=C(C#N)C#N)cc1. The number of nitriles is 2. The average molecular weight is 294 g/mol. The topological polar surface area (TPSA) is 79.9 Å². The maximum absolute atomic E-state index is 12.5. The molecule has 112 valence electrons. The van der Waals surface area contributed by atoms with Gasteiger partial charge >= 0.3 is 0 Å². The van der Waals surface area contributed by atoms with Crippen molar-refractivity contribution in [2.75, 3.05) is 11.9 Å². The molecule has 1 N–H and O–H groups in total. The van der Waals surface area contributed by atoms with E-state index in [1.165, 1.54) is 12.6 Å². The summed E-state index contributed by atoms with van der Waals surface area (Å²) in [6.45, 7) is 2.90. The van der Waals surface area contributed by atoms with Crippen LogP contribution in [0.15, 0.2) is 36.0 Å². The first kappa shape index (κ1) is 15.6. The number of benzene rings is 1. The van der Waals surface area contributed by atoms with Crippen LogP contribution < -0.4 is 5.32 Å². The zero-order valence-electron chi connectivity index (χ0n) is 12.5. The molecule has 0 aliphatic carbocycles. The van der Waals surface area contributed by atoms with Crippen LogP contribution in [-0.2, 0) is 0 Å². The van der Waals surface area contributed by atoms with Crippen LogP contribution in [0.4, 0.5) is 5.69 Å². The van der Waals surface area contributed by atoms with Gasteiger partial charge in [-0.1, -0.05) is 0 Å². The van der Waals surface area contributed by atoms with Gasteiger partial charge in [0.2, 0.25) is 0 Å². The van der Waals surface area contributed by atoms with E-state index in [1.54, 1.807) is 36.4 Å². The van der Waals surface area contributed by atoms with Gasteiger partial charge in [0.15, 0.2) is 0 Å². The van der Waals surface area contributed by atoms with E-state index in [-0.39, 0.29) is 17.5 Å². The lowest BCUT2D eigenvalue weighted by atomic mass is 10.0. The van der Waals surface area contributed by atoms with Gasteiger partial charge in [-0.2, -0.15) is 10.5 Å². The van der Waals surface area contributed by atoms with Gasteiger partial charge in [-0.3, -0.25) is 4.79 Å². The van der Waals surface area contributed by atoms with Crippen LogP contribution in [0.3, 0.4) is 0 Å². The summed E-state index contributed by atoms with van der Waals surface area (Å²) in [4.78, 5) is 14.4. The number of carbonyl (C=O) groups is 1. The predicted molar refractivity (Wildman–Crippen MR) is 83.7 cm³/mol. The van der Waals surface area contributed by atoms with Gasteiger partial charge in [-0.05, 0) is 50.5 Å². The fourth-order valence-corrected chi connectivity index (χ4v) is 2.52. The number of hydrogen-bond acceptors (Lipinski definition) is 4. The summed E-state index contributed by atoms with van der Waals surface area (Å²) >= 11 is 0. The Morgan fingerprint density at radius 1 is 1.27 bits per heavy atom. The Kier molecular flexibility index (Phi) is 5.16. The van der Waals surface area contributed by atoms with Crippen LogP contribution in [0, 0.1) is 22.7 Å². The average Bonchev–Trinajstić information content (AvgIpc) is 2.56. The molecular weight excluding hydrogens is 276 g/mol. The maximum Gasteiger partial charge on any atom is 0.254 e. The van der Waals surface area contributed by atoms with Crippen LogP contribution in [0.2, 0.25) is 0 Å². The standard InChI is InChI=1S/C17H18N4O/c1-13-4-2-3-9-21(13)17(22)15-5-7-16(8-6-15)20-12-14(10-18)11-19/h5-8,12-13,20H,2-4,9H2,1H3. The quantitative estimate of drug-likeness (QED) is 0.869. The molecule has 22 heavy (non-hydrogen) atoms. The molecule has 1 saturated heterocycles. The van der Waals surface area contributed by atoms with E-state index in [0.29, 0.717) is 5.56 Å². The molecule has 2 rings (SSSR count). The first-order valence-corrected chi connectivity index (χ1v) is 7.33. The Morgan fingerprint density at radius 2 is 1.95 bits per heavy atom. The summed E-state index contributed by atoms with van der Waals surface area (Å²) in [6.07, 6.45) is 4.65. The van der Waals surface area contributed by atoms with Crippen molar-refractivity contribution in [2.24, 2.45) is 0 Å². The smallest absolute Gasteiger partial charge is 0.254 e. The Balaban J connectivity index is 2.06. The van der Waals surface area contributed by atoms with Crippen molar-refractivity contribution in [3.05, 3.63) is 41.6 Å². The lowest BCUT2D eigenvalue weighted by molar-refractivity contribution is 0.0635. The Hall–Kier alpha value is -2.79.